The van der Waals surface area contributed by atoms with Gasteiger partial charge in [-0.15, -0.1) is 0 Å². The SMILES string of the molecule is CCCOCC(O)C1C2CCc3ccccc3C21. The predicted molar refractivity (Wildman–Crippen MR) is 71.6 cm³/mol. The highest BCUT2D eigenvalue weighted by Gasteiger charge is 2.55. The van der Waals surface area contributed by atoms with Gasteiger partial charge in [0, 0.05) is 6.61 Å². The van der Waals surface area contributed by atoms with Crippen LogP contribution in [0.25, 0.3) is 0 Å². The molecule has 2 aliphatic carbocycles. The fourth-order valence-electron chi connectivity index (χ4n) is 3.60. The van der Waals surface area contributed by atoms with Gasteiger partial charge in [0.2, 0.25) is 0 Å². The molecule has 0 heterocycles. The van der Waals surface area contributed by atoms with Crippen LogP contribution < -0.4 is 0 Å². The molecule has 2 nitrogen and oxygen atoms in total. The van der Waals surface area contributed by atoms with Crippen LogP contribution in [0.5, 0.6) is 0 Å². The number of fused-ring (bicyclic) bond motifs is 3. The van der Waals surface area contributed by atoms with Crippen molar-refractivity contribution < 1.29 is 9.84 Å². The Kier molecular flexibility index (Phi) is 3.40. The number of aliphatic hydroxyl groups excluding tert-OH is 1. The Labute approximate surface area is 109 Å². The molecule has 0 aliphatic heterocycles. The minimum atomic E-state index is -0.280. The quantitative estimate of drug-likeness (QED) is 0.809. The van der Waals surface area contributed by atoms with E-state index in [4.69, 9.17) is 4.74 Å². The van der Waals surface area contributed by atoms with Crippen molar-refractivity contribution in [2.45, 2.75) is 38.2 Å². The molecule has 1 aromatic carbocycles. The second-order valence-electron chi connectivity index (χ2n) is 5.65. The molecule has 0 radical (unpaired) electrons. The summed E-state index contributed by atoms with van der Waals surface area (Å²) in [5.74, 6) is 1.72. The molecule has 18 heavy (non-hydrogen) atoms. The third-order valence-electron chi connectivity index (χ3n) is 4.47. The molecule has 98 valence electrons. The summed E-state index contributed by atoms with van der Waals surface area (Å²) in [6, 6.07) is 8.72. The highest BCUT2D eigenvalue weighted by molar-refractivity contribution is 5.39. The average Bonchev–Trinajstić information content (AvgIpc) is 3.14. The van der Waals surface area contributed by atoms with Gasteiger partial charge in [-0.25, -0.2) is 0 Å². The molecule has 0 amide bonds. The summed E-state index contributed by atoms with van der Waals surface area (Å²) in [6.07, 6.45) is 3.15. The molecule has 1 fully saturated rings. The Bertz CT molecular complexity index is 415. The maximum absolute atomic E-state index is 10.2. The molecule has 4 unspecified atom stereocenters. The van der Waals surface area contributed by atoms with Crippen LogP contribution in [0.3, 0.4) is 0 Å². The molecule has 3 rings (SSSR count). The van der Waals surface area contributed by atoms with Crippen LogP contribution in [-0.2, 0) is 11.2 Å². The smallest absolute Gasteiger partial charge is 0.0810 e. The maximum Gasteiger partial charge on any atom is 0.0810 e. The predicted octanol–water partition coefficient (Wildman–Crippen LogP) is 2.75. The lowest BCUT2D eigenvalue weighted by atomic mass is 9.92. The number of aliphatic hydroxyl groups is 1. The van der Waals surface area contributed by atoms with Gasteiger partial charge < -0.3 is 9.84 Å². The van der Waals surface area contributed by atoms with Crippen molar-refractivity contribution in [2.75, 3.05) is 13.2 Å². The first-order chi connectivity index (χ1) is 8.83. The summed E-state index contributed by atoms with van der Waals surface area (Å²) in [5.41, 5.74) is 2.97. The number of ether oxygens (including phenoxy) is 1. The van der Waals surface area contributed by atoms with E-state index in [2.05, 4.69) is 31.2 Å². The summed E-state index contributed by atoms with van der Waals surface area (Å²) in [6.45, 7) is 3.36. The van der Waals surface area contributed by atoms with E-state index in [1.807, 2.05) is 0 Å². The van der Waals surface area contributed by atoms with Crippen LogP contribution >= 0.6 is 0 Å². The Morgan fingerprint density at radius 1 is 1.39 bits per heavy atom. The molecule has 4 atom stereocenters. The average molecular weight is 246 g/mol. The minimum Gasteiger partial charge on any atom is -0.390 e. The zero-order chi connectivity index (χ0) is 12.5. The molecule has 1 saturated carbocycles. The minimum absolute atomic E-state index is 0.280. The number of aryl methyl sites for hydroxylation is 1. The van der Waals surface area contributed by atoms with E-state index in [-0.39, 0.29) is 6.10 Å². The lowest BCUT2D eigenvalue weighted by molar-refractivity contribution is 0.0221. The van der Waals surface area contributed by atoms with E-state index in [1.165, 1.54) is 24.0 Å². The third-order valence-corrected chi connectivity index (χ3v) is 4.47. The first-order valence-electron chi connectivity index (χ1n) is 7.16. The Morgan fingerprint density at radius 3 is 3.06 bits per heavy atom. The monoisotopic (exact) mass is 246 g/mol. The highest BCUT2D eigenvalue weighted by atomic mass is 16.5. The number of benzene rings is 1. The Morgan fingerprint density at radius 2 is 2.22 bits per heavy atom. The topological polar surface area (TPSA) is 29.5 Å². The lowest BCUT2D eigenvalue weighted by Gasteiger charge is -2.13. The van der Waals surface area contributed by atoms with Gasteiger partial charge >= 0.3 is 0 Å². The number of hydrogen-bond donors (Lipinski definition) is 1. The standard InChI is InChI=1S/C16H22O2/c1-2-9-18-10-14(17)16-13-8-7-11-5-3-4-6-12(11)15(13)16/h3-6,13-17H,2,7-10H2,1H3. The molecular formula is C16H22O2. The summed E-state index contributed by atoms with van der Waals surface area (Å²) in [5, 5.41) is 10.2. The fourth-order valence-corrected chi connectivity index (χ4v) is 3.60. The van der Waals surface area contributed by atoms with Crippen molar-refractivity contribution >= 4 is 0 Å². The highest BCUT2D eigenvalue weighted by Crippen LogP contribution is 2.61. The largest absolute Gasteiger partial charge is 0.390 e. The van der Waals surface area contributed by atoms with Gasteiger partial charge in [-0.1, -0.05) is 31.2 Å². The second kappa shape index (κ2) is 5.02. The van der Waals surface area contributed by atoms with Gasteiger partial charge in [0.05, 0.1) is 12.7 Å². The van der Waals surface area contributed by atoms with E-state index >= 15 is 0 Å². The fraction of sp³-hybridized carbons (Fsp3) is 0.625. The van der Waals surface area contributed by atoms with Crippen LogP contribution in [-0.4, -0.2) is 24.4 Å². The molecule has 2 aliphatic rings. The van der Waals surface area contributed by atoms with Crippen LogP contribution in [0.15, 0.2) is 24.3 Å². The third kappa shape index (κ3) is 2.08. The normalized spacial score (nSPS) is 30.4. The van der Waals surface area contributed by atoms with E-state index in [9.17, 15) is 5.11 Å². The molecule has 0 saturated heterocycles. The lowest BCUT2D eigenvalue weighted by Crippen LogP contribution is -2.19. The first kappa shape index (κ1) is 12.2. The Balaban J connectivity index is 1.65. The molecule has 1 aromatic rings. The zero-order valence-corrected chi connectivity index (χ0v) is 11.0. The molecular weight excluding hydrogens is 224 g/mol. The van der Waals surface area contributed by atoms with Gasteiger partial charge in [0.1, 0.15) is 0 Å². The first-order valence-corrected chi connectivity index (χ1v) is 7.16. The maximum atomic E-state index is 10.2. The molecule has 0 aromatic heterocycles. The van der Waals surface area contributed by atoms with Crippen molar-refractivity contribution in [2.24, 2.45) is 11.8 Å². The zero-order valence-electron chi connectivity index (χ0n) is 11.0. The van der Waals surface area contributed by atoms with Crippen molar-refractivity contribution in [3.8, 4) is 0 Å². The summed E-state index contributed by atoms with van der Waals surface area (Å²) < 4.78 is 5.49. The summed E-state index contributed by atoms with van der Waals surface area (Å²) in [4.78, 5) is 0. The van der Waals surface area contributed by atoms with Crippen molar-refractivity contribution in [1.82, 2.24) is 0 Å². The van der Waals surface area contributed by atoms with Gasteiger partial charge in [0.15, 0.2) is 0 Å². The number of rotatable bonds is 5. The van der Waals surface area contributed by atoms with E-state index < -0.39 is 0 Å². The van der Waals surface area contributed by atoms with Crippen LogP contribution in [0, 0.1) is 11.8 Å². The van der Waals surface area contributed by atoms with Gasteiger partial charge in [0.25, 0.3) is 0 Å². The second-order valence-corrected chi connectivity index (χ2v) is 5.65. The van der Waals surface area contributed by atoms with Crippen LogP contribution in [0.1, 0.15) is 36.8 Å². The van der Waals surface area contributed by atoms with E-state index in [0.29, 0.717) is 24.4 Å². The van der Waals surface area contributed by atoms with Gasteiger partial charge in [-0.05, 0) is 48.1 Å². The Hall–Kier alpha value is -0.860. The van der Waals surface area contributed by atoms with Crippen molar-refractivity contribution in [1.29, 1.82) is 0 Å². The van der Waals surface area contributed by atoms with E-state index in [0.717, 1.165) is 13.0 Å². The van der Waals surface area contributed by atoms with Crippen molar-refractivity contribution in [3.63, 3.8) is 0 Å². The number of hydrogen-bond acceptors (Lipinski definition) is 2. The molecule has 0 spiro atoms. The molecule has 1 N–H and O–H groups in total. The molecule has 0 bridgehead atoms. The van der Waals surface area contributed by atoms with Crippen LogP contribution in [0.2, 0.25) is 0 Å². The van der Waals surface area contributed by atoms with Gasteiger partial charge in [-0.3, -0.25) is 0 Å². The molecule has 2 heteroatoms. The summed E-state index contributed by atoms with van der Waals surface area (Å²) >= 11 is 0. The van der Waals surface area contributed by atoms with E-state index in [1.54, 1.807) is 0 Å². The van der Waals surface area contributed by atoms with Gasteiger partial charge in [-0.2, -0.15) is 0 Å². The van der Waals surface area contributed by atoms with Crippen molar-refractivity contribution in [3.05, 3.63) is 35.4 Å². The summed E-state index contributed by atoms with van der Waals surface area (Å²) in [7, 11) is 0. The van der Waals surface area contributed by atoms with Crippen LogP contribution in [0.4, 0.5) is 0 Å².